The molecule has 1 unspecified atom stereocenters. The van der Waals surface area contributed by atoms with Gasteiger partial charge in [-0.15, -0.1) is 0 Å². The molecule has 1 N–H and O–H groups in total. The lowest BCUT2D eigenvalue weighted by molar-refractivity contribution is -0.135. The van der Waals surface area contributed by atoms with E-state index in [1.54, 1.807) is 0 Å². The Morgan fingerprint density at radius 2 is 2.00 bits per heavy atom. The molecule has 0 saturated heterocycles. The van der Waals surface area contributed by atoms with Crippen LogP contribution in [0.4, 0.5) is 0 Å². The zero-order valence-corrected chi connectivity index (χ0v) is 11.2. The summed E-state index contributed by atoms with van der Waals surface area (Å²) in [5.74, 6) is 0.676. The fraction of sp³-hybridized carbons (Fsp3) is 0.800. The van der Waals surface area contributed by atoms with E-state index in [0.29, 0.717) is 24.9 Å². The summed E-state index contributed by atoms with van der Waals surface area (Å²) in [6.45, 7) is 0.600. The SMILES string of the molecule is O=C(CC1C=CCC1)N(CCO)C1CCCCC1. The van der Waals surface area contributed by atoms with Crippen LogP contribution in [-0.4, -0.2) is 35.1 Å². The van der Waals surface area contributed by atoms with Gasteiger partial charge in [-0.3, -0.25) is 4.79 Å². The van der Waals surface area contributed by atoms with E-state index >= 15 is 0 Å². The Labute approximate surface area is 110 Å². The topological polar surface area (TPSA) is 40.5 Å². The Balaban J connectivity index is 1.90. The summed E-state index contributed by atoms with van der Waals surface area (Å²) < 4.78 is 0. The minimum Gasteiger partial charge on any atom is -0.395 e. The molecule has 0 aromatic rings. The Morgan fingerprint density at radius 1 is 1.22 bits per heavy atom. The minimum atomic E-state index is 0.0861. The Hall–Kier alpha value is -0.830. The number of carbonyl (C=O) groups is 1. The summed E-state index contributed by atoms with van der Waals surface area (Å²) in [5.41, 5.74) is 0. The number of nitrogens with zero attached hydrogens (tertiary/aromatic N) is 1. The molecule has 0 aromatic heterocycles. The third-order valence-electron chi connectivity index (χ3n) is 4.23. The number of hydrogen-bond donors (Lipinski definition) is 1. The highest BCUT2D eigenvalue weighted by Crippen LogP contribution is 2.26. The smallest absolute Gasteiger partial charge is 0.223 e. The quantitative estimate of drug-likeness (QED) is 0.763. The maximum atomic E-state index is 12.4. The average Bonchev–Trinajstić information content (AvgIpc) is 2.89. The predicted molar refractivity (Wildman–Crippen MR) is 72.2 cm³/mol. The maximum Gasteiger partial charge on any atom is 0.223 e. The van der Waals surface area contributed by atoms with Gasteiger partial charge in [0.25, 0.3) is 0 Å². The van der Waals surface area contributed by atoms with Crippen molar-refractivity contribution in [2.45, 2.75) is 57.4 Å². The highest BCUT2D eigenvalue weighted by Gasteiger charge is 2.26. The van der Waals surface area contributed by atoms with Crippen LogP contribution in [-0.2, 0) is 4.79 Å². The third-order valence-corrected chi connectivity index (χ3v) is 4.23. The second-order valence-electron chi connectivity index (χ2n) is 5.57. The predicted octanol–water partition coefficient (Wildman–Crippen LogP) is 2.50. The maximum absolute atomic E-state index is 12.4. The van der Waals surface area contributed by atoms with Crippen molar-refractivity contribution in [3.63, 3.8) is 0 Å². The molecular weight excluding hydrogens is 226 g/mol. The van der Waals surface area contributed by atoms with Crippen LogP contribution < -0.4 is 0 Å². The lowest BCUT2D eigenvalue weighted by Crippen LogP contribution is -2.43. The van der Waals surface area contributed by atoms with Crippen molar-refractivity contribution in [1.29, 1.82) is 0 Å². The van der Waals surface area contributed by atoms with Crippen molar-refractivity contribution in [3.8, 4) is 0 Å². The van der Waals surface area contributed by atoms with Crippen molar-refractivity contribution in [2.24, 2.45) is 5.92 Å². The standard InChI is InChI=1S/C15H25NO2/c17-11-10-16(14-8-2-1-3-9-14)15(18)12-13-6-4-5-7-13/h4,6,13-14,17H,1-3,5,7-12H2. The zero-order chi connectivity index (χ0) is 12.8. The van der Waals surface area contributed by atoms with Crippen LogP contribution >= 0.6 is 0 Å². The Kier molecular flexibility index (Phi) is 5.24. The van der Waals surface area contributed by atoms with Gasteiger partial charge in [0, 0.05) is 19.0 Å². The van der Waals surface area contributed by atoms with Gasteiger partial charge < -0.3 is 10.0 Å². The van der Waals surface area contributed by atoms with Crippen LogP contribution in [0.5, 0.6) is 0 Å². The first kappa shape index (κ1) is 13.6. The van der Waals surface area contributed by atoms with Gasteiger partial charge in [-0.2, -0.15) is 0 Å². The van der Waals surface area contributed by atoms with Gasteiger partial charge in [-0.05, 0) is 31.6 Å². The van der Waals surface area contributed by atoms with Gasteiger partial charge >= 0.3 is 0 Å². The van der Waals surface area contributed by atoms with Crippen LogP contribution in [0.3, 0.4) is 0 Å². The molecule has 0 spiro atoms. The first-order valence-corrected chi connectivity index (χ1v) is 7.38. The number of hydrogen-bond acceptors (Lipinski definition) is 2. The second kappa shape index (κ2) is 6.93. The molecule has 1 atom stereocenters. The summed E-state index contributed by atoms with van der Waals surface area (Å²) in [7, 11) is 0. The highest BCUT2D eigenvalue weighted by atomic mass is 16.3. The van der Waals surface area contributed by atoms with Crippen LogP contribution in [0.2, 0.25) is 0 Å². The summed E-state index contributed by atoms with van der Waals surface area (Å²) >= 11 is 0. The van der Waals surface area contributed by atoms with Gasteiger partial charge in [0.2, 0.25) is 5.91 Å². The number of rotatable bonds is 5. The summed E-state index contributed by atoms with van der Waals surface area (Å²) in [5, 5.41) is 9.17. The lowest BCUT2D eigenvalue weighted by Gasteiger charge is -2.34. The van der Waals surface area contributed by atoms with Crippen LogP contribution in [0, 0.1) is 5.92 Å². The molecule has 102 valence electrons. The minimum absolute atomic E-state index is 0.0861. The Morgan fingerprint density at radius 3 is 2.61 bits per heavy atom. The number of aliphatic hydroxyl groups excluding tert-OH is 1. The van der Waals surface area contributed by atoms with Crippen molar-refractivity contribution in [2.75, 3.05) is 13.2 Å². The van der Waals surface area contributed by atoms with Crippen LogP contribution in [0.15, 0.2) is 12.2 Å². The van der Waals surface area contributed by atoms with E-state index in [2.05, 4.69) is 12.2 Å². The zero-order valence-electron chi connectivity index (χ0n) is 11.2. The average molecular weight is 251 g/mol. The molecule has 2 aliphatic carbocycles. The Bertz CT molecular complexity index is 295. The molecule has 3 nitrogen and oxygen atoms in total. The van der Waals surface area contributed by atoms with Gasteiger partial charge in [0.15, 0.2) is 0 Å². The largest absolute Gasteiger partial charge is 0.395 e. The first-order valence-electron chi connectivity index (χ1n) is 7.38. The molecule has 3 heteroatoms. The monoisotopic (exact) mass is 251 g/mol. The molecule has 0 aliphatic heterocycles. The third kappa shape index (κ3) is 3.58. The number of allylic oxidation sites excluding steroid dienone is 2. The summed E-state index contributed by atoms with van der Waals surface area (Å²) in [6, 6.07) is 0.379. The molecule has 0 bridgehead atoms. The molecule has 0 aromatic carbocycles. The van der Waals surface area contributed by atoms with Crippen LogP contribution in [0.1, 0.15) is 51.4 Å². The van der Waals surface area contributed by atoms with Crippen molar-refractivity contribution >= 4 is 5.91 Å². The van der Waals surface area contributed by atoms with E-state index in [9.17, 15) is 4.79 Å². The van der Waals surface area contributed by atoms with E-state index in [4.69, 9.17) is 5.11 Å². The summed E-state index contributed by atoms with van der Waals surface area (Å²) in [4.78, 5) is 14.3. The van der Waals surface area contributed by atoms with Gasteiger partial charge in [0.1, 0.15) is 0 Å². The van der Waals surface area contributed by atoms with E-state index in [0.717, 1.165) is 25.7 Å². The molecule has 1 amide bonds. The molecule has 2 rings (SSSR count). The van der Waals surface area contributed by atoms with Gasteiger partial charge in [0.05, 0.1) is 6.61 Å². The molecule has 2 aliphatic rings. The van der Waals surface area contributed by atoms with E-state index < -0.39 is 0 Å². The lowest BCUT2D eigenvalue weighted by atomic mass is 9.93. The van der Waals surface area contributed by atoms with E-state index in [-0.39, 0.29) is 12.5 Å². The molecule has 1 fully saturated rings. The highest BCUT2D eigenvalue weighted by molar-refractivity contribution is 5.77. The normalized spacial score (nSPS) is 24.4. The van der Waals surface area contributed by atoms with Crippen LogP contribution in [0.25, 0.3) is 0 Å². The molecule has 1 saturated carbocycles. The molecule has 18 heavy (non-hydrogen) atoms. The first-order chi connectivity index (χ1) is 8.81. The van der Waals surface area contributed by atoms with Crippen molar-refractivity contribution in [1.82, 2.24) is 4.90 Å². The van der Waals surface area contributed by atoms with Gasteiger partial charge in [-0.1, -0.05) is 31.4 Å². The molecule has 0 radical (unpaired) electrons. The second-order valence-corrected chi connectivity index (χ2v) is 5.57. The van der Waals surface area contributed by atoms with E-state index in [1.165, 1.54) is 19.3 Å². The van der Waals surface area contributed by atoms with E-state index in [1.807, 2.05) is 4.90 Å². The number of carbonyl (C=O) groups excluding carboxylic acids is 1. The van der Waals surface area contributed by atoms with Crippen molar-refractivity contribution < 1.29 is 9.90 Å². The van der Waals surface area contributed by atoms with Crippen molar-refractivity contribution in [3.05, 3.63) is 12.2 Å². The fourth-order valence-electron chi connectivity index (χ4n) is 3.22. The molecule has 0 heterocycles. The number of amides is 1. The fourth-order valence-corrected chi connectivity index (χ4v) is 3.22. The number of aliphatic hydroxyl groups is 1. The van der Waals surface area contributed by atoms with Gasteiger partial charge in [-0.25, -0.2) is 0 Å². The molecular formula is C15H25NO2. The summed E-state index contributed by atoms with van der Waals surface area (Å²) in [6.07, 6.45) is 13.2.